The van der Waals surface area contributed by atoms with E-state index in [0.29, 0.717) is 31.9 Å². The third-order valence-electron chi connectivity index (χ3n) is 5.75. The molecule has 6 nitrogen and oxygen atoms in total. The lowest BCUT2D eigenvalue weighted by molar-refractivity contribution is -0.146. The number of carbonyl (C=O) groups is 1. The van der Waals surface area contributed by atoms with Gasteiger partial charge in [-0.2, -0.15) is 0 Å². The maximum absolute atomic E-state index is 12.1. The molecule has 2 atom stereocenters. The van der Waals surface area contributed by atoms with E-state index in [1.807, 2.05) is 62.4 Å². The van der Waals surface area contributed by atoms with Crippen molar-refractivity contribution >= 4 is 5.97 Å². The van der Waals surface area contributed by atoms with Crippen LogP contribution in [0.25, 0.3) is 11.5 Å². The van der Waals surface area contributed by atoms with Gasteiger partial charge in [-0.05, 0) is 31.5 Å². The molecule has 1 aromatic heterocycles. The van der Waals surface area contributed by atoms with E-state index in [-0.39, 0.29) is 17.8 Å². The van der Waals surface area contributed by atoms with Crippen LogP contribution in [0, 0.1) is 12.8 Å². The summed E-state index contributed by atoms with van der Waals surface area (Å²) >= 11 is 0. The summed E-state index contributed by atoms with van der Waals surface area (Å²) in [7, 11) is 1.43. The van der Waals surface area contributed by atoms with E-state index >= 15 is 0 Å². The van der Waals surface area contributed by atoms with E-state index < -0.39 is 0 Å². The molecule has 0 saturated heterocycles. The average Bonchev–Trinajstić information content (AvgIpc) is 3.38. The maximum Gasteiger partial charge on any atom is 0.309 e. The second-order valence-corrected chi connectivity index (χ2v) is 7.64. The lowest BCUT2D eigenvalue weighted by atomic mass is 9.86. The third-order valence-corrected chi connectivity index (χ3v) is 5.75. The largest absolute Gasteiger partial charge is 0.493 e. The van der Waals surface area contributed by atoms with Crippen molar-refractivity contribution in [2.45, 2.75) is 32.6 Å². The highest BCUT2D eigenvalue weighted by Gasteiger charge is 2.35. The molecule has 1 aliphatic rings. The number of benzene rings is 2. The first-order valence-corrected chi connectivity index (χ1v) is 10.6. The summed E-state index contributed by atoms with van der Waals surface area (Å²) < 4.78 is 22.6. The summed E-state index contributed by atoms with van der Waals surface area (Å²) in [6.45, 7) is 4.87. The second-order valence-electron chi connectivity index (χ2n) is 7.64. The number of hydrogen-bond acceptors (Lipinski definition) is 6. The van der Waals surface area contributed by atoms with Crippen molar-refractivity contribution in [3.05, 3.63) is 65.5 Å². The highest BCUT2D eigenvalue weighted by atomic mass is 16.5. The number of carbonyl (C=O) groups excluding carboxylic acids is 1. The Hall–Kier alpha value is -3.28. The van der Waals surface area contributed by atoms with E-state index in [1.54, 1.807) is 0 Å². The van der Waals surface area contributed by atoms with Crippen LogP contribution in [-0.2, 0) is 16.0 Å². The van der Waals surface area contributed by atoms with Gasteiger partial charge in [0.15, 0.2) is 0 Å². The van der Waals surface area contributed by atoms with Gasteiger partial charge in [-0.3, -0.25) is 4.79 Å². The zero-order valence-electron chi connectivity index (χ0n) is 18.1. The highest BCUT2D eigenvalue weighted by Crippen LogP contribution is 2.41. The molecule has 0 N–H and O–H groups in total. The first kappa shape index (κ1) is 21.0. The summed E-state index contributed by atoms with van der Waals surface area (Å²) in [6, 6.07) is 15.7. The summed E-state index contributed by atoms with van der Waals surface area (Å²) in [5.41, 5.74) is 2.88. The number of aromatic nitrogens is 1. The van der Waals surface area contributed by atoms with Crippen molar-refractivity contribution in [1.29, 1.82) is 0 Å². The van der Waals surface area contributed by atoms with Crippen molar-refractivity contribution in [2.24, 2.45) is 5.92 Å². The van der Waals surface area contributed by atoms with Crippen molar-refractivity contribution in [3.8, 4) is 23.0 Å². The Morgan fingerprint density at radius 1 is 1.23 bits per heavy atom. The number of rotatable bonds is 8. The van der Waals surface area contributed by atoms with Gasteiger partial charge in [0.2, 0.25) is 5.89 Å². The standard InChI is InChI=1S/C25H27NO5/c1-4-19(25(27)28-3)21-15-30-23-14-18(10-11-20(21)23)29-13-12-22-16(2)31-24(26-22)17-8-6-5-7-9-17/h5-11,14,19,21H,4,12-13,15H2,1-3H3. The quantitative estimate of drug-likeness (QED) is 0.480. The number of methoxy groups -OCH3 is 1. The minimum Gasteiger partial charge on any atom is -0.493 e. The number of hydrogen-bond donors (Lipinski definition) is 0. The Morgan fingerprint density at radius 2 is 2.03 bits per heavy atom. The maximum atomic E-state index is 12.1. The smallest absolute Gasteiger partial charge is 0.309 e. The number of ether oxygens (including phenoxy) is 3. The van der Waals surface area contributed by atoms with Crippen molar-refractivity contribution < 1.29 is 23.4 Å². The Morgan fingerprint density at radius 3 is 2.77 bits per heavy atom. The molecular weight excluding hydrogens is 394 g/mol. The van der Waals surface area contributed by atoms with E-state index in [1.165, 1.54) is 7.11 Å². The van der Waals surface area contributed by atoms with Gasteiger partial charge in [-0.1, -0.05) is 31.2 Å². The van der Waals surface area contributed by atoms with Crippen molar-refractivity contribution in [3.63, 3.8) is 0 Å². The van der Waals surface area contributed by atoms with Gasteiger partial charge >= 0.3 is 5.97 Å². The zero-order chi connectivity index (χ0) is 21.8. The second kappa shape index (κ2) is 9.25. The van der Waals surface area contributed by atoms with Crippen molar-refractivity contribution in [2.75, 3.05) is 20.3 Å². The normalized spacial score (nSPS) is 15.8. The Labute approximate surface area is 182 Å². The summed E-state index contributed by atoms with van der Waals surface area (Å²) in [6.07, 6.45) is 1.35. The van der Waals surface area contributed by atoms with E-state index in [9.17, 15) is 4.79 Å². The molecule has 2 unspecified atom stereocenters. The molecule has 0 spiro atoms. The molecule has 6 heteroatoms. The zero-order valence-corrected chi connectivity index (χ0v) is 18.1. The number of esters is 1. The number of aryl methyl sites for hydroxylation is 1. The fraction of sp³-hybridized carbons (Fsp3) is 0.360. The van der Waals surface area contributed by atoms with E-state index in [4.69, 9.17) is 18.6 Å². The van der Waals surface area contributed by atoms with E-state index in [0.717, 1.165) is 34.1 Å². The van der Waals surface area contributed by atoms with Crippen molar-refractivity contribution in [1.82, 2.24) is 4.98 Å². The van der Waals surface area contributed by atoms with Crippen LogP contribution < -0.4 is 9.47 Å². The first-order chi connectivity index (χ1) is 15.1. The lowest BCUT2D eigenvalue weighted by Crippen LogP contribution is -2.24. The molecule has 2 heterocycles. The fourth-order valence-corrected chi connectivity index (χ4v) is 4.03. The van der Waals surface area contributed by atoms with Crippen LogP contribution in [0.2, 0.25) is 0 Å². The van der Waals surface area contributed by atoms with Crippen LogP contribution in [0.4, 0.5) is 0 Å². The molecule has 3 aromatic rings. The number of oxazole rings is 1. The van der Waals surface area contributed by atoms with Crippen LogP contribution in [0.1, 0.15) is 36.3 Å². The van der Waals surface area contributed by atoms with Gasteiger partial charge in [-0.25, -0.2) is 4.98 Å². The molecule has 0 aliphatic carbocycles. The average molecular weight is 421 g/mol. The summed E-state index contributed by atoms with van der Waals surface area (Å²) in [4.78, 5) is 16.7. The molecule has 4 rings (SSSR count). The minimum absolute atomic E-state index is 0.00990. The van der Waals surface area contributed by atoms with Gasteiger partial charge in [0, 0.05) is 29.5 Å². The third kappa shape index (κ3) is 4.43. The predicted octanol–water partition coefficient (Wildman–Crippen LogP) is 4.95. The molecule has 162 valence electrons. The monoisotopic (exact) mass is 421 g/mol. The summed E-state index contributed by atoms with van der Waals surface area (Å²) in [5, 5.41) is 0. The highest BCUT2D eigenvalue weighted by molar-refractivity contribution is 5.74. The van der Waals surface area contributed by atoms with Crippen LogP contribution in [-0.4, -0.2) is 31.3 Å². The molecule has 0 fully saturated rings. The Bertz CT molecular complexity index is 1040. The van der Waals surface area contributed by atoms with Crippen LogP contribution in [0.3, 0.4) is 0 Å². The van der Waals surface area contributed by atoms with Gasteiger partial charge in [-0.15, -0.1) is 0 Å². The minimum atomic E-state index is -0.202. The molecule has 0 bridgehead atoms. The van der Waals surface area contributed by atoms with Crippen LogP contribution >= 0.6 is 0 Å². The molecule has 0 radical (unpaired) electrons. The number of fused-ring (bicyclic) bond motifs is 1. The molecule has 2 aromatic carbocycles. The molecule has 0 saturated carbocycles. The predicted molar refractivity (Wildman–Crippen MR) is 116 cm³/mol. The van der Waals surface area contributed by atoms with Gasteiger partial charge < -0.3 is 18.6 Å². The lowest BCUT2D eigenvalue weighted by Gasteiger charge is -2.18. The first-order valence-electron chi connectivity index (χ1n) is 10.6. The summed E-state index contributed by atoms with van der Waals surface area (Å²) in [5.74, 6) is 2.55. The molecule has 0 amide bonds. The van der Waals surface area contributed by atoms with Gasteiger partial charge in [0.25, 0.3) is 0 Å². The van der Waals surface area contributed by atoms with E-state index in [2.05, 4.69) is 4.98 Å². The van der Waals surface area contributed by atoms with Gasteiger partial charge in [0.1, 0.15) is 17.3 Å². The number of nitrogens with zero attached hydrogens (tertiary/aromatic N) is 1. The fourth-order valence-electron chi connectivity index (χ4n) is 4.03. The van der Waals surface area contributed by atoms with Crippen LogP contribution in [0.5, 0.6) is 11.5 Å². The Balaban J connectivity index is 1.39. The van der Waals surface area contributed by atoms with Gasteiger partial charge in [0.05, 0.1) is 31.9 Å². The molecular formula is C25H27NO5. The Kier molecular flexibility index (Phi) is 6.26. The van der Waals surface area contributed by atoms with Crippen LogP contribution in [0.15, 0.2) is 52.9 Å². The SMILES string of the molecule is CCC(C(=O)OC)C1COc2cc(OCCc3nc(-c4ccccc4)oc3C)ccc21. The molecule has 1 aliphatic heterocycles. The molecule has 31 heavy (non-hydrogen) atoms. The topological polar surface area (TPSA) is 70.8 Å².